The van der Waals surface area contributed by atoms with Crippen LogP contribution in [0.4, 0.5) is 4.79 Å². The van der Waals surface area contributed by atoms with Gasteiger partial charge < -0.3 is 16.0 Å². The summed E-state index contributed by atoms with van der Waals surface area (Å²) in [5, 5.41) is 9.18. The summed E-state index contributed by atoms with van der Waals surface area (Å²) in [6.45, 7) is 2.60. The summed E-state index contributed by atoms with van der Waals surface area (Å²) in [6.07, 6.45) is 7.05. The van der Waals surface area contributed by atoms with Crippen molar-refractivity contribution in [1.82, 2.24) is 16.0 Å². The van der Waals surface area contributed by atoms with Crippen LogP contribution in [0.25, 0.3) is 0 Å². The molecular formula is C12H25N3OS. The highest BCUT2D eigenvalue weighted by Crippen LogP contribution is 2.16. The summed E-state index contributed by atoms with van der Waals surface area (Å²) in [4.78, 5) is 11.5. The van der Waals surface area contributed by atoms with Crippen LogP contribution in [0, 0.1) is 0 Å². The maximum atomic E-state index is 11.5. The number of urea groups is 1. The van der Waals surface area contributed by atoms with Gasteiger partial charge in [0.05, 0.1) is 0 Å². The summed E-state index contributed by atoms with van der Waals surface area (Å²) in [7, 11) is 0. The third-order valence-corrected chi connectivity index (χ3v) is 3.27. The van der Waals surface area contributed by atoms with E-state index in [0.717, 1.165) is 44.6 Å². The van der Waals surface area contributed by atoms with Crippen molar-refractivity contribution in [1.29, 1.82) is 0 Å². The van der Waals surface area contributed by atoms with Crippen molar-refractivity contribution in [3.8, 4) is 0 Å². The molecule has 3 N–H and O–H groups in total. The quantitative estimate of drug-likeness (QED) is 0.414. The van der Waals surface area contributed by atoms with Gasteiger partial charge in [-0.15, -0.1) is 0 Å². The molecule has 0 radical (unpaired) electrons. The molecule has 2 amide bonds. The fourth-order valence-electron chi connectivity index (χ4n) is 2.10. The lowest BCUT2D eigenvalue weighted by molar-refractivity contribution is 0.232. The molecule has 0 saturated heterocycles. The molecule has 1 saturated carbocycles. The van der Waals surface area contributed by atoms with E-state index < -0.39 is 0 Å². The van der Waals surface area contributed by atoms with Crippen LogP contribution in [0.2, 0.25) is 0 Å². The van der Waals surface area contributed by atoms with Crippen LogP contribution in [0.5, 0.6) is 0 Å². The number of nitrogens with one attached hydrogen (secondary N) is 3. The first-order valence-electron chi connectivity index (χ1n) is 6.69. The standard InChI is InChI=1S/C12H25N3OS/c16-12(14-8-4-7-13-9-10-17)15-11-5-2-1-3-6-11/h11,13,17H,1-10H2,(H2,14,15,16). The molecule has 0 aromatic heterocycles. The number of hydrogen-bond acceptors (Lipinski definition) is 3. The van der Waals surface area contributed by atoms with Crippen molar-refractivity contribution < 1.29 is 4.79 Å². The molecule has 1 rings (SSSR count). The SMILES string of the molecule is O=C(NCCCNCCS)NC1CCCCC1. The first-order valence-corrected chi connectivity index (χ1v) is 7.32. The lowest BCUT2D eigenvalue weighted by Gasteiger charge is -2.22. The zero-order valence-electron chi connectivity index (χ0n) is 10.5. The summed E-state index contributed by atoms with van der Waals surface area (Å²) in [5.74, 6) is 0.857. The van der Waals surface area contributed by atoms with Gasteiger partial charge in [-0.2, -0.15) is 12.6 Å². The second-order valence-electron chi connectivity index (χ2n) is 4.56. The number of amides is 2. The molecule has 4 nitrogen and oxygen atoms in total. The van der Waals surface area contributed by atoms with Crippen LogP contribution >= 0.6 is 12.6 Å². The number of carbonyl (C=O) groups is 1. The largest absolute Gasteiger partial charge is 0.338 e. The van der Waals surface area contributed by atoms with E-state index >= 15 is 0 Å². The van der Waals surface area contributed by atoms with Crippen LogP contribution in [-0.2, 0) is 0 Å². The monoisotopic (exact) mass is 259 g/mol. The van der Waals surface area contributed by atoms with E-state index in [1.54, 1.807) is 0 Å². The molecule has 100 valence electrons. The molecule has 0 aromatic carbocycles. The molecule has 0 bridgehead atoms. The van der Waals surface area contributed by atoms with E-state index in [0.29, 0.717) is 6.04 Å². The highest BCUT2D eigenvalue weighted by Gasteiger charge is 2.14. The van der Waals surface area contributed by atoms with Crippen LogP contribution < -0.4 is 16.0 Å². The Labute approximate surface area is 110 Å². The second-order valence-corrected chi connectivity index (χ2v) is 5.01. The van der Waals surface area contributed by atoms with Crippen molar-refractivity contribution in [2.45, 2.75) is 44.6 Å². The van der Waals surface area contributed by atoms with Gasteiger partial charge in [-0.1, -0.05) is 19.3 Å². The zero-order chi connectivity index (χ0) is 12.3. The predicted molar refractivity (Wildman–Crippen MR) is 74.7 cm³/mol. The smallest absolute Gasteiger partial charge is 0.315 e. The van der Waals surface area contributed by atoms with Gasteiger partial charge in [0.25, 0.3) is 0 Å². The first kappa shape index (κ1) is 14.6. The van der Waals surface area contributed by atoms with Crippen LogP contribution in [0.3, 0.4) is 0 Å². The molecule has 0 aromatic rings. The van der Waals surface area contributed by atoms with Gasteiger partial charge in [-0.3, -0.25) is 0 Å². The Morgan fingerprint density at radius 3 is 2.59 bits per heavy atom. The topological polar surface area (TPSA) is 53.2 Å². The van der Waals surface area contributed by atoms with E-state index in [2.05, 4.69) is 28.6 Å². The number of rotatable bonds is 7. The van der Waals surface area contributed by atoms with Crippen molar-refractivity contribution in [2.24, 2.45) is 0 Å². The fraction of sp³-hybridized carbons (Fsp3) is 0.917. The lowest BCUT2D eigenvalue weighted by Crippen LogP contribution is -2.43. The van der Waals surface area contributed by atoms with Crippen molar-refractivity contribution in [3.63, 3.8) is 0 Å². The third-order valence-electron chi connectivity index (χ3n) is 3.04. The van der Waals surface area contributed by atoms with Gasteiger partial charge in [0.1, 0.15) is 0 Å². The number of hydrogen-bond donors (Lipinski definition) is 4. The van der Waals surface area contributed by atoms with Gasteiger partial charge in [0.15, 0.2) is 0 Å². The second kappa shape index (κ2) is 9.59. The maximum absolute atomic E-state index is 11.5. The predicted octanol–water partition coefficient (Wildman–Crippen LogP) is 1.53. The van der Waals surface area contributed by atoms with Crippen LogP contribution in [-0.4, -0.2) is 37.5 Å². The molecule has 0 atom stereocenters. The van der Waals surface area contributed by atoms with Gasteiger partial charge in [-0.25, -0.2) is 4.79 Å². The van der Waals surface area contributed by atoms with Gasteiger partial charge in [-0.05, 0) is 25.8 Å². The Morgan fingerprint density at radius 1 is 1.12 bits per heavy atom. The van der Waals surface area contributed by atoms with E-state index in [1.807, 2.05) is 0 Å². The Bertz CT molecular complexity index is 208. The van der Waals surface area contributed by atoms with E-state index in [1.165, 1.54) is 19.3 Å². The molecule has 17 heavy (non-hydrogen) atoms. The van der Waals surface area contributed by atoms with Gasteiger partial charge in [0, 0.05) is 24.9 Å². The molecule has 1 aliphatic rings. The van der Waals surface area contributed by atoms with Crippen molar-refractivity contribution in [2.75, 3.05) is 25.4 Å². The molecule has 0 aliphatic heterocycles. The van der Waals surface area contributed by atoms with Gasteiger partial charge in [0.2, 0.25) is 0 Å². The normalized spacial score (nSPS) is 16.8. The molecule has 5 heteroatoms. The number of thiol groups is 1. The molecule has 1 fully saturated rings. The Morgan fingerprint density at radius 2 is 1.88 bits per heavy atom. The summed E-state index contributed by atoms with van der Waals surface area (Å²) >= 11 is 4.11. The van der Waals surface area contributed by atoms with Crippen LogP contribution in [0.15, 0.2) is 0 Å². The average Bonchev–Trinajstić information content (AvgIpc) is 2.35. The Balaban J connectivity index is 1.93. The summed E-state index contributed by atoms with van der Waals surface area (Å²) in [5.41, 5.74) is 0. The van der Waals surface area contributed by atoms with Crippen molar-refractivity contribution >= 4 is 18.7 Å². The minimum absolute atomic E-state index is 0.00825. The summed E-state index contributed by atoms with van der Waals surface area (Å²) < 4.78 is 0. The fourth-order valence-corrected chi connectivity index (χ4v) is 2.26. The Hall–Kier alpha value is -0.420. The minimum Gasteiger partial charge on any atom is -0.338 e. The van der Waals surface area contributed by atoms with Gasteiger partial charge >= 0.3 is 6.03 Å². The van der Waals surface area contributed by atoms with E-state index in [-0.39, 0.29) is 6.03 Å². The highest BCUT2D eigenvalue weighted by atomic mass is 32.1. The summed E-state index contributed by atoms with van der Waals surface area (Å²) in [6, 6.07) is 0.386. The average molecular weight is 259 g/mol. The Kier molecular flexibility index (Phi) is 8.26. The molecule has 0 spiro atoms. The van der Waals surface area contributed by atoms with E-state index in [9.17, 15) is 4.79 Å². The maximum Gasteiger partial charge on any atom is 0.315 e. The lowest BCUT2D eigenvalue weighted by atomic mass is 9.96. The highest BCUT2D eigenvalue weighted by molar-refractivity contribution is 7.80. The van der Waals surface area contributed by atoms with Crippen molar-refractivity contribution in [3.05, 3.63) is 0 Å². The molecular weight excluding hydrogens is 234 g/mol. The molecule has 0 heterocycles. The zero-order valence-corrected chi connectivity index (χ0v) is 11.4. The van der Waals surface area contributed by atoms with Crippen LogP contribution in [0.1, 0.15) is 38.5 Å². The molecule has 1 aliphatic carbocycles. The van der Waals surface area contributed by atoms with E-state index in [4.69, 9.17) is 0 Å². The third kappa shape index (κ3) is 7.49. The molecule has 0 unspecified atom stereocenters. The first-order chi connectivity index (χ1) is 8.33. The minimum atomic E-state index is -0.00825. The number of carbonyl (C=O) groups excluding carboxylic acids is 1.